The molecule has 1 fully saturated rings. The average molecular weight is 413 g/mol. The summed E-state index contributed by atoms with van der Waals surface area (Å²) in [5.74, 6) is 0.764. The molecular weight excluding hydrogens is 384 g/mol. The molecule has 0 spiro atoms. The van der Waals surface area contributed by atoms with Crippen molar-refractivity contribution < 1.29 is 8.42 Å². The number of hydrogen-bond acceptors (Lipinski definition) is 3. The number of rotatable bonds is 5. The van der Waals surface area contributed by atoms with E-state index in [0.29, 0.717) is 36.4 Å². The summed E-state index contributed by atoms with van der Waals surface area (Å²) in [5.41, 5.74) is 9.89. The van der Waals surface area contributed by atoms with Crippen LogP contribution in [0.5, 0.6) is 0 Å². The number of aryl methyl sites for hydroxylation is 2. The molecule has 2 aromatic carbocycles. The van der Waals surface area contributed by atoms with E-state index in [-0.39, 0.29) is 0 Å². The minimum Gasteiger partial charge on any atom is -0.370 e. The highest BCUT2D eigenvalue weighted by Crippen LogP contribution is 2.25. The van der Waals surface area contributed by atoms with Gasteiger partial charge in [-0.2, -0.15) is 4.31 Å². The van der Waals surface area contributed by atoms with Crippen LogP contribution >= 0.6 is 0 Å². The van der Waals surface area contributed by atoms with Gasteiger partial charge < -0.3 is 11.1 Å². The number of aliphatic imine (C=N–C) groups is 1. The lowest BCUT2D eigenvalue weighted by Crippen LogP contribution is -2.39. The summed E-state index contributed by atoms with van der Waals surface area (Å²) < 4.78 is 27.0. The van der Waals surface area contributed by atoms with Crippen LogP contribution in [0.3, 0.4) is 0 Å². The molecule has 2 aliphatic rings. The number of anilines is 1. The molecule has 0 aromatic heterocycles. The number of sulfonamides is 1. The van der Waals surface area contributed by atoms with E-state index < -0.39 is 10.0 Å². The van der Waals surface area contributed by atoms with Crippen molar-refractivity contribution in [2.75, 3.05) is 25.0 Å². The Bertz CT molecular complexity index is 981. The van der Waals surface area contributed by atoms with Gasteiger partial charge in [-0.05, 0) is 73.4 Å². The Morgan fingerprint density at radius 3 is 2.55 bits per heavy atom. The fraction of sp³-hybridized carbons (Fsp3) is 0.409. The number of nitrogens with zero attached hydrogens (tertiary/aromatic N) is 2. The van der Waals surface area contributed by atoms with E-state index in [4.69, 9.17) is 5.73 Å². The second kappa shape index (κ2) is 8.55. The van der Waals surface area contributed by atoms with Crippen molar-refractivity contribution in [1.29, 1.82) is 0 Å². The first kappa shape index (κ1) is 19.9. The maximum absolute atomic E-state index is 12.7. The van der Waals surface area contributed by atoms with Crippen LogP contribution in [-0.4, -0.2) is 38.3 Å². The monoisotopic (exact) mass is 412 g/mol. The summed E-state index contributed by atoms with van der Waals surface area (Å²) in [6.07, 6.45) is 5.11. The molecule has 4 rings (SSSR count). The van der Waals surface area contributed by atoms with Crippen molar-refractivity contribution in [2.45, 2.75) is 37.0 Å². The maximum atomic E-state index is 12.7. The molecule has 0 radical (unpaired) electrons. The Kier molecular flexibility index (Phi) is 5.87. The van der Waals surface area contributed by atoms with Crippen LogP contribution in [0.25, 0.3) is 0 Å². The molecule has 3 N–H and O–H groups in total. The lowest BCUT2D eigenvalue weighted by molar-refractivity contribution is 0.279. The molecule has 0 bridgehead atoms. The van der Waals surface area contributed by atoms with E-state index in [1.807, 2.05) is 6.07 Å². The van der Waals surface area contributed by atoms with Crippen molar-refractivity contribution in [3.8, 4) is 0 Å². The zero-order valence-corrected chi connectivity index (χ0v) is 17.4. The minimum absolute atomic E-state index is 0.345. The van der Waals surface area contributed by atoms with Gasteiger partial charge in [0.25, 0.3) is 0 Å². The second-order valence-electron chi connectivity index (χ2n) is 7.85. The molecule has 0 atom stereocenters. The number of piperidine rings is 1. The predicted octanol–water partition coefficient (Wildman–Crippen LogP) is 3.00. The van der Waals surface area contributed by atoms with E-state index in [2.05, 4.69) is 28.5 Å². The average Bonchev–Trinajstić information content (AvgIpc) is 3.21. The molecule has 0 amide bonds. The quantitative estimate of drug-likeness (QED) is 0.584. The van der Waals surface area contributed by atoms with Gasteiger partial charge in [-0.3, -0.25) is 4.99 Å². The third-order valence-corrected chi connectivity index (χ3v) is 7.76. The molecule has 1 aliphatic heterocycles. The molecule has 29 heavy (non-hydrogen) atoms. The van der Waals surface area contributed by atoms with Crippen molar-refractivity contribution in [2.24, 2.45) is 16.6 Å². The molecule has 0 saturated carbocycles. The lowest BCUT2D eigenvalue weighted by atomic mass is 9.98. The predicted molar refractivity (Wildman–Crippen MR) is 117 cm³/mol. The second-order valence-corrected chi connectivity index (χ2v) is 9.79. The topological polar surface area (TPSA) is 87.8 Å². The van der Waals surface area contributed by atoms with Crippen LogP contribution in [-0.2, 0) is 22.9 Å². The Morgan fingerprint density at radius 1 is 1.07 bits per heavy atom. The van der Waals surface area contributed by atoms with E-state index >= 15 is 0 Å². The standard InChI is InChI=1S/C22H28N4O2S/c23-22(25-20-10-9-18-5-4-6-19(18)15-20)24-16-17-11-13-26(14-12-17)29(27,28)21-7-2-1-3-8-21/h1-3,7-10,15,17H,4-6,11-14,16H2,(H3,23,24,25). The van der Waals surface area contributed by atoms with Gasteiger partial charge in [0.15, 0.2) is 5.96 Å². The van der Waals surface area contributed by atoms with Gasteiger partial charge in [0.2, 0.25) is 10.0 Å². The summed E-state index contributed by atoms with van der Waals surface area (Å²) >= 11 is 0. The molecule has 7 heteroatoms. The number of benzene rings is 2. The normalized spacial score (nSPS) is 18.6. The van der Waals surface area contributed by atoms with Crippen LogP contribution in [0, 0.1) is 5.92 Å². The third-order valence-electron chi connectivity index (χ3n) is 5.85. The Balaban J connectivity index is 1.29. The fourth-order valence-corrected chi connectivity index (χ4v) is 5.63. The smallest absolute Gasteiger partial charge is 0.243 e. The molecule has 154 valence electrons. The van der Waals surface area contributed by atoms with Gasteiger partial charge in [-0.15, -0.1) is 0 Å². The highest BCUT2D eigenvalue weighted by Gasteiger charge is 2.29. The molecule has 2 aromatic rings. The van der Waals surface area contributed by atoms with Crippen LogP contribution in [0.4, 0.5) is 5.69 Å². The SMILES string of the molecule is NC(=NCC1CCN(S(=O)(=O)c2ccccc2)CC1)Nc1ccc2c(c1)CCC2. The highest BCUT2D eigenvalue weighted by atomic mass is 32.2. The van der Waals surface area contributed by atoms with Gasteiger partial charge in [-0.1, -0.05) is 24.3 Å². The van der Waals surface area contributed by atoms with Crippen molar-refractivity contribution in [1.82, 2.24) is 4.31 Å². The van der Waals surface area contributed by atoms with E-state index in [0.717, 1.165) is 31.4 Å². The third kappa shape index (κ3) is 4.62. The number of nitrogens with one attached hydrogen (secondary N) is 1. The first-order valence-electron chi connectivity index (χ1n) is 10.3. The first-order valence-corrected chi connectivity index (χ1v) is 11.7. The number of nitrogens with two attached hydrogens (primary N) is 1. The van der Waals surface area contributed by atoms with E-state index in [9.17, 15) is 8.42 Å². The summed E-state index contributed by atoms with van der Waals surface area (Å²) in [7, 11) is -3.40. The molecule has 1 saturated heterocycles. The molecule has 1 aliphatic carbocycles. The van der Waals surface area contributed by atoms with Crippen LogP contribution in [0.1, 0.15) is 30.4 Å². The maximum Gasteiger partial charge on any atom is 0.243 e. The molecule has 6 nitrogen and oxygen atoms in total. The van der Waals surface area contributed by atoms with E-state index in [1.165, 1.54) is 17.5 Å². The van der Waals surface area contributed by atoms with Crippen molar-refractivity contribution in [3.05, 3.63) is 59.7 Å². The summed E-state index contributed by atoms with van der Waals surface area (Å²) in [4.78, 5) is 4.86. The lowest BCUT2D eigenvalue weighted by Gasteiger charge is -2.30. The van der Waals surface area contributed by atoms with Crippen LogP contribution < -0.4 is 11.1 Å². The molecular formula is C22H28N4O2S. The summed E-state index contributed by atoms with van der Waals surface area (Å²) in [5, 5.41) is 3.19. The van der Waals surface area contributed by atoms with Gasteiger partial charge in [0, 0.05) is 25.3 Å². The summed E-state index contributed by atoms with van der Waals surface area (Å²) in [6.45, 7) is 1.66. The van der Waals surface area contributed by atoms with Gasteiger partial charge in [0.1, 0.15) is 0 Å². The number of hydrogen-bond donors (Lipinski definition) is 2. The van der Waals surface area contributed by atoms with Crippen LogP contribution in [0.15, 0.2) is 58.4 Å². The Labute approximate surface area is 172 Å². The van der Waals surface area contributed by atoms with Gasteiger partial charge in [0.05, 0.1) is 4.90 Å². The fourth-order valence-electron chi connectivity index (χ4n) is 4.14. The minimum atomic E-state index is -3.40. The van der Waals surface area contributed by atoms with E-state index in [1.54, 1.807) is 28.6 Å². The number of fused-ring (bicyclic) bond motifs is 1. The highest BCUT2D eigenvalue weighted by molar-refractivity contribution is 7.89. The summed E-state index contributed by atoms with van der Waals surface area (Å²) in [6, 6.07) is 15.0. The Morgan fingerprint density at radius 2 is 1.79 bits per heavy atom. The zero-order chi connectivity index (χ0) is 20.3. The van der Waals surface area contributed by atoms with Gasteiger partial charge >= 0.3 is 0 Å². The molecule has 1 heterocycles. The van der Waals surface area contributed by atoms with Gasteiger partial charge in [-0.25, -0.2) is 8.42 Å². The zero-order valence-electron chi connectivity index (χ0n) is 16.5. The largest absolute Gasteiger partial charge is 0.370 e. The van der Waals surface area contributed by atoms with Crippen molar-refractivity contribution >= 4 is 21.7 Å². The molecule has 0 unspecified atom stereocenters. The number of guanidine groups is 1. The van der Waals surface area contributed by atoms with Crippen LogP contribution in [0.2, 0.25) is 0 Å². The Hall–Kier alpha value is -2.38. The van der Waals surface area contributed by atoms with Crippen molar-refractivity contribution in [3.63, 3.8) is 0 Å². The first-order chi connectivity index (χ1) is 14.0.